The van der Waals surface area contributed by atoms with Crippen molar-refractivity contribution in [2.24, 2.45) is 5.10 Å². The van der Waals surface area contributed by atoms with Gasteiger partial charge in [0.15, 0.2) is 5.76 Å². The Kier molecular flexibility index (Phi) is 6.96. The lowest BCUT2D eigenvalue weighted by atomic mass is 10.2. The van der Waals surface area contributed by atoms with Crippen LogP contribution < -0.4 is 10.3 Å². The molecule has 2 aromatic heterocycles. The third-order valence-corrected chi connectivity index (χ3v) is 6.75. The molecule has 6 aromatic rings. The summed E-state index contributed by atoms with van der Waals surface area (Å²) in [5, 5.41) is 17.6. The summed E-state index contributed by atoms with van der Waals surface area (Å²) < 4.78 is 13.2. The third kappa shape index (κ3) is 5.41. The lowest BCUT2D eigenvalue weighted by molar-refractivity contribution is -0.384. The molecule has 202 valence electrons. The Morgan fingerprint density at radius 1 is 0.976 bits per heavy atom. The SMILES string of the molecule is O=c1c2ccccc2nc(-c2cc3cc(Cl)ccc3o2)n1N=Cc1cc(Cl)ccc1OCc1ccc([N+](=O)[O-])cc1. The molecule has 9 nitrogen and oxygen atoms in total. The largest absolute Gasteiger partial charge is 0.488 e. The van der Waals surface area contributed by atoms with E-state index < -0.39 is 10.5 Å². The maximum absolute atomic E-state index is 13.6. The van der Waals surface area contributed by atoms with Crippen LogP contribution in [0.4, 0.5) is 5.69 Å². The predicted octanol–water partition coefficient (Wildman–Crippen LogP) is 7.49. The Hall–Kier alpha value is -4.99. The average Bonchev–Trinajstić information content (AvgIpc) is 3.39. The molecule has 0 radical (unpaired) electrons. The number of fused-ring (bicyclic) bond motifs is 2. The van der Waals surface area contributed by atoms with Crippen molar-refractivity contribution in [1.82, 2.24) is 9.66 Å². The number of benzene rings is 4. The van der Waals surface area contributed by atoms with Crippen molar-refractivity contribution in [3.8, 4) is 17.3 Å². The summed E-state index contributed by atoms with van der Waals surface area (Å²) >= 11 is 12.4. The molecule has 6 rings (SSSR count). The van der Waals surface area contributed by atoms with E-state index in [2.05, 4.69) is 10.1 Å². The van der Waals surface area contributed by atoms with Gasteiger partial charge < -0.3 is 9.15 Å². The highest BCUT2D eigenvalue weighted by Crippen LogP contribution is 2.29. The second-order valence-corrected chi connectivity index (χ2v) is 9.87. The smallest absolute Gasteiger partial charge is 0.282 e. The molecule has 0 aliphatic rings. The molecule has 4 aromatic carbocycles. The Bertz CT molecular complexity index is 2030. The number of non-ortho nitro benzene ring substituents is 1. The minimum absolute atomic E-state index is 0.00847. The average molecular weight is 585 g/mol. The van der Waals surface area contributed by atoms with Gasteiger partial charge in [0.1, 0.15) is 17.9 Å². The Balaban J connectivity index is 1.40. The first-order valence-corrected chi connectivity index (χ1v) is 13.0. The zero-order valence-electron chi connectivity index (χ0n) is 21.0. The molecule has 0 fully saturated rings. The van der Waals surface area contributed by atoms with Crippen LogP contribution in [-0.4, -0.2) is 20.8 Å². The molecule has 0 aliphatic heterocycles. The van der Waals surface area contributed by atoms with E-state index in [-0.39, 0.29) is 18.1 Å². The summed E-state index contributed by atoms with van der Waals surface area (Å²) in [6.07, 6.45) is 1.46. The zero-order valence-corrected chi connectivity index (χ0v) is 22.5. The second-order valence-electron chi connectivity index (χ2n) is 9.00. The molecule has 0 saturated carbocycles. The number of para-hydroxylation sites is 1. The highest BCUT2D eigenvalue weighted by atomic mass is 35.5. The van der Waals surface area contributed by atoms with Crippen LogP contribution in [0.25, 0.3) is 33.5 Å². The summed E-state index contributed by atoms with van der Waals surface area (Å²) in [7, 11) is 0. The molecular formula is C30H18Cl2N4O5. The predicted molar refractivity (Wildman–Crippen MR) is 158 cm³/mol. The number of aromatic nitrogens is 2. The van der Waals surface area contributed by atoms with Crippen LogP contribution in [0.1, 0.15) is 11.1 Å². The molecular weight excluding hydrogens is 567 g/mol. The van der Waals surface area contributed by atoms with E-state index in [0.717, 1.165) is 10.9 Å². The van der Waals surface area contributed by atoms with Crippen molar-refractivity contribution >= 4 is 57.0 Å². The number of halogens is 2. The summed E-state index contributed by atoms with van der Waals surface area (Å²) in [5.41, 5.74) is 1.91. The Labute approximate surface area is 242 Å². The Morgan fingerprint density at radius 2 is 1.73 bits per heavy atom. The molecule has 41 heavy (non-hydrogen) atoms. The van der Waals surface area contributed by atoms with Gasteiger partial charge in [0.05, 0.1) is 22.0 Å². The van der Waals surface area contributed by atoms with Crippen LogP contribution >= 0.6 is 23.2 Å². The number of ether oxygens (including phenoxy) is 1. The summed E-state index contributed by atoms with van der Waals surface area (Å²) in [4.78, 5) is 28.8. The number of nitro benzene ring substituents is 1. The maximum atomic E-state index is 13.6. The van der Waals surface area contributed by atoms with Crippen molar-refractivity contribution in [2.45, 2.75) is 6.61 Å². The van der Waals surface area contributed by atoms with Crippen molar-refractivity contribution in [1.29, 1.82) is 0 Å². The van der Waals surface area contributed by atoms with Crippen LogP contribution in [0, 0.1) is 10.1 Å². The van der Waals surface area contributed by atoms with Gasteiger partial charge >= 0.3 is 0 Å². The van der Waals surface area contributed by atoms with Gasteiger partial charge in [-0.1, -0.05) is 35.3 Å². The van der Waals surface area contributed by atoms with E-state index in [4.69, 9.17) is 32.4 Å². The van der Waals surface area contributed by atoms with Crippen molar-refractivity contribution in [3.63, 3.8) is 0 Å². The fourth-order valence-corrected chi connectivity index (χ4v) is 4.62. The fraction of sp³-hybridized carbons (Fsp3) is 0.0333. The summed E-state index contributed by atoms with van der Waals surface area (Å²) in [6, 6.07) is 25.0. The minimum atomic E-state index is -0.462. The van der Waals surface area contributed by atoms with Crippen LogP contribution in [0.2, 0.25) is 10.0 Å². The van der Waals surface area contributed by atoms with Crippen molar-refractivity contribution in [2.75, 3.05) is 0 Å². The monoisotopic (exact) mass is 584 g/mol. The molecule has 0 N–H and O–H groups in total. The van der Waals surface area contributed by atoms with Crippen LogP contribution in [0.15, 0.2) is 105 Å². The van der Waals surface area contributed by atoms with Gasteiger partial charge in [-0.05, 0) is 72.3 Å². The number of hydrogen-bond acceptors (Lipinski definition) is 7. The number of rotatable bonds is 7. The quantitative estimate of drug-likeness (QED) is 0.109. The van der Waals surface area contributed by atoms with Gasteiger partial charge in [0.2, 0.25) is 5.82 Å². The van der Waals surface area contributed by atoms with Crippen LogP contribution in [0.3, 0.4) is 0 Å². The first-order chi connectivity index (χ1) is 19.9. The van der Waals surface area contributed by atoms with E-state index in [1.54, 1.807) is 78.9 Å². The molecule has 11 heteroatoms. The molecule has 0 atom stereocenters. The highest BCUT2D eigenvalue weighted by Gasteiger charge is 2.17. The van der Waals surface area contributed by atoms with E-state index in [1.807, 2.05) is 0 Å². The van der Waals surface area contributed by atoms with Gasteiger partial charge in [-0.3, -0.25) is 14.9 Å². The zero-order chi connectivity index (χ0) is 28.5. The van der Waals surface area contributed by atoms with E-state index in [9.17, 15) is 14.9 Å². The lowest BCUT2D eigenvalue weighted by Gasteiger charge is -2.10. The highest BCUT2D eigenvalue weighted by molar-refractivity contribution is 6.31. The second kappa shape index (κ2) is 10.9. The van der Waals surface area contributed by atoms with Gasteiger partial charge in [-0.15, -0.1) is 0 Å². The number of hydrogen-bond donors (Lipinski definition) is 0. The molecule has 0 spiro atoms. The molecule has 0 saturated heterocycles. The summed E-state index contributed by atoms with van der Waals surface area (Å²) in [6.45, 7) is 0.144. The van der Waals surface area contributed by atoms with Gasteiger partial charge in [-0.25, -0.2) is 4.98 Å². The number of nitrogens with zero attached hydrogens (tertiary/aromatic N) is 4. The topological polar surface area (TPSA) is 113 Å². The van der Waals surface area contributed by atoms with Crippen molar-refractivity contribution < 1.29 is 14.1 Å². The van der Waals surface area contributed by atoms with Crippen LogP contribution in [0.5, 0.6) is 5.75 Å². The van der Waals surface area contributed by atoms with E-state index in [1.165, 1.54) is 23.0 Å². The summed E-state index contributed by atoms with van der Waals surface area (Å²) in [5.74, 6) is 0.980. The van der Waals surface area contributed by atoms with Gasteiger partial charge in [0.25, 0.3) is 11.2 Å². The number of nitro groups is 1. The Morgan fingerprint density at radius 3 is 2.54 bits per heavy atom. The van der Waals surface area contributed by atoms with Crippen molar-refractivity contribution in [3.05, 3.63) is 133 Å². The maximum Gasteiger partial charge on any atom is 0.282 e. The fourth-order valence-electron chi connectivity index (χ4n) is 4.26. The van der Waals surface area contributed by atoms with Gasteiger partial charge in [0, 0.05) is 33.1 Å². The molecule has 2 heterocycles. The first-order valence-electron chi connectivity index (χ1n) is 12.3. The first kappa shape index (κ1) is 26.2. The lowest BCUT2D eigenvalue weighted by Crippen LogP contribution is -2.20. The van der Waals surface area contributed by atoms with E-state index >= 15 is 0 Å². The molecule has 0 aliphatic carbocycles. The normalized spacial score (nSPS) is 11.5. The standard InChI is InChI=1S/C30H18Cl2N4O5/c31-21-8-12-27-19(13-21)15-28(41-27)29-34-25-4-2-1-3-24(25)30(37)35(29)33-16-20-14-22(32)7-11-26(20)40-17-18-5-9-23(10-6-18)36(38)39/h1-16H,17H2. The number of furan rings is 1. The van der Waals surface area contributed by atoms with Crippen LogP contribution in [-0.2, 0) is 6.61 Å². The minimum Gasteiger partial charge on any atom is -0.488 e. The molecule has 0 bridgehead atoms. The molecule has 0 unspecified atom stereocenters. The molecule has 0 amide bonds. The van der Waals surface area contributed by atoms with E-state index in [0.29, 0.717) is 43.6 Å². The third-order valence-electron chi connectivity index (χ3n) is 6.28. The van der Waals surface area contributed by atoms with Gasteiger partial charge in [-0.2, -0.15) is 9.78 Å².